The van der Waals surface area contributed by atoms with Gasteiger partial charge in [-0.2, -0.15) is 17.8 Å². The summed E-state index contributed by atoms with van der Waals surface area (Å²) in [7, 11) is 0. The standard InChI is InChI=1S/C14H7ClF3NO5.C8H14N4OS/c15-10-5-7(14(16,17)18)1-4-12(10)24-8-2-3-11(19(22)23)9(6-8)13(20)21;1-8(2,3)5-6(13)12(9)7(14-4)11-10-5/h1-6H,(H,20,21);9H2,1-4H3. The average Bonchev–Trinajstić information content (AvgIpc) is 2.80. The molecule has 0 aliphatic rings. The molecule has 0 aliphatic carbocycles. The number of nitrogens with zero attached hydrogens (tertiary/aromatic N) is 4. The van der Waals surface area contributed by atoms with Crippen molar-refractivity contribution in [3.05, 3.63) is 78.7 Å². The van der Waals surface area contributed by atoms with E-state index in [0.29, 0.717) is 16.9 Å². The number of carboxylic acid groups (broad SMARTS) is 1. The van der Waals surface area contributed by atoms with E-state index >= 15 is 0 Å². The molecule has 1 heterocycles. The largest absolute Gasteiger partial charge is 0.477 e. The van der Waals surface area contributed by atoms with E-state index < -0.39 is 33.9 Å². The van der Waals surface area contributed by atoms with Crippen LogP contribution in [0.25, 0.3) is 0 Å². The molecule has 0 bridgehead atoms. The topological polar surface area (TPSA) is 163 Å². The summed E-state index contributed by atoms with van der Waals surface area (Å²) in [6.07, 6.45) is -2.78. The molecule has 1 aromatic heterocycles. The van der Waals surface area contributed by atoms with Crippen LogP contribution in [0.4, 0.5) is 18.9 Å². The highest BCUT2D eigenvalue weighted by molar-refractivity contribution is 7.98. The molecule has 16 heteroatoms. The van der Waals surface area contributed by atoms with Gasteiger partial charge in [0.25, 0.3) is 11.2 Å². The predicted octanol–water partition coefficient (Wildman–Crippen LogP) is 5.13. The van der Waals surface area contributed by atoms with E-state index in [9.17, 15) is 32.9 Å². The van der Waals surface area contributed by atoms with Gasteiger partial charge in [0.05, 0.1) is 15.5 Å². The molecule has 0 radical (unpaired) electrons. The predicted molar refractivity (Wildman–Crippen MR) is 134 cm³/mol. The van der Waals surface area contributed by atoms with Crippen LogP contribution in [0.5, 0.6) is 11.5 Å². The van der Waals surface area contributed by atoms with Crippen LogP contribution in [0.15, 0.2) is 46.3 Å². The second-order valence-corrected chi connectivity index (χ2v) is 9.63. The number of nitrogens with two attached hydrogens (primary N) is 1. The van der Waals surface area contributed by atoms with Gasteiger partial charge in [0.1, 0.15) is 22.8 Å². The number of aromatic carboxylic acids is 1. The van der Waals surface area contributed by atoms with Crippen LogP contribution in [-0.4, -0.2) is 37.1 Å². The lowest BCUT2D eigenvalue weighted by molar-refractivity contribution is -0.385. The minimum Gasteiger partial charge on any atom is -0.477 e. The minimum absolute atomic E-state index is 0.125. The van der Waals surface area contributed by atoms with Gasteiger partial charge in [-0.25, -0.2) is 4.79 Å². The van der Waals surface area contributed by atoms with Crippen molar-refractivity contribution in [2.24, 2.45) is 0 Å². The molecule has 3 rings (SSSR count). The average molecular weight is 576 g/mol. The number of alkyl halides is 3. The first-order valence-corrected chi connectivity index (χ1v) is 11.9. The number of benzene rings is 2. The second-order valence-electron chi connectivity index (χ2n) is 8.45. The lowest BCUT2D eigenvalue weighted by Crippen LogP contribution is -2.37. The number of nitro groups is 1. The molecule has 3 N–H and O–H groups in total. The Morgan fingerprint density at radius 1 is 1.18 bits per heavy atom. The van der Waals surface area contributed by atoms with Gasteiger partial charge in [-0.05, 0) is 30.5 Å². The summed E-state index contributed by atoms with van der Waals surface area (Å²) >= 11 is 7.01. The summed E-state index contributed by atoms with van der Waals surface area (Å²) in [5.41, 5.74) is -2.47. The summed E-state index contributed by atoms with van der Waals surface area (Å²) in [6, 6.07) is 5.27. The van der Waals surface area contributed by atoms with Crippen molar-refractivity contribution in [3.63, 3.8) is 0 Å². The number of rotatable bonds is 5. The number of aromatic nitrogens is 3. The van der Waals surface area contributed by atoms with Gasteiger partial charge < -0.3 is 15.7 Å². The Morgan fingerprint density at radius 2 is 1.82 bits per heavy atom. The van der Waals surface area contributed by atoms with Crippen molar-refractivity contribution in [1.29, 1.82) is 0 Å². The van der Waals surface area contributed by atoms with Gasteiger partial charge in [-0.1, -0.05) is 44.1 Å². The van der Waals surface area contributed by atoms with Crippen molar-refractivity contribution < 1.29 is 32.7 Å². The van der Waals surface area contributed by atoms with Crippen LogP contribution in [0.3, 0.4) is 0 Å². The van der Waals surface area contributed by atoms with Crippen LogP contribution in [0.1, 0.15) is 42.4 Å². The fourth-order valence-corrected chi connectivity index (χ4v) is 3.41. The lowest BCUT2D eigenvalue weighted by atomic mass is 9.93. The molecule has 0 aliphatic heterocycles. The van der Waals surface area contributed by atoms with Crippen molar-refractivity contribution >= 4 is 35.0 Å². The molecule has 2 aromatic carbocycles. The number of nitro benzene ring substituents is 1. The summed E-state index contributed by atoms with van der Waals surface area (Å²) in [5.74, 6) is 3.74. The number of halogens is 4. The van der Waals surface area contributed by atoms with Gasteiger partial charge in [0, 0.05) is 17.5 Å². The van der Waals surface area contributed by atoms with Gasteiger partial charge in [-0.15, -0.1) is 10.2 Å². The van der Waals surface area contributed by atoms with Crippen molar-refractivity contribution in [1.82, 2.24) is 14.9 Å². The first kappa shape index (κ1) is 30.4. The molecule has 0 atom stereocenters. The van der Waals surface area contributed by atoms with E-state index in [1.165, 1.54) is 11.8 Å². The number of carbonyl (C=O) groups is 1. The molecule has 0 fully saturated rings. The quantitative estimate of drug-likeness (QED) is 0.180. The zero-order valence-electron chi connectivity index (χ0n) is 20.2. The van der Waals surface area contributed by atoms with Gasteiger partial charge >= 0.3 is 12.1 Å². The highest BCUT2D eigenvalue weighted by Crippen LogP contribution is 2.37. The number of thioether (sulfide) groups is 1. The first-order valence-electron chi connectivity index (χ1n) is 10.3. The van der Waals surface area contributed by atoms with Gasteiger partial charge in [-0.3, -0.25) is 14.9 Å². The zero-order valence-corrected chi connectivity index (χ0v) is 21.8. The number of hydrogen-bond acceptors (Lipinski definition) is 9. The Balaban J connectivity index is 0.000000308. The third-order valence-electron chi connectivity index (χ3n) is 4.64. The number of hydrogen-bond donors (Lipinski definition) is 2. The Bertz CT molecular complexity index is 1430. The monoisotopic (exact) mass is 575 g/mol. The third kappa shape index (κ3) is 7.35. The fraction of sp³-hybridized carbons (Fsp3) is 0.273. The third-order valence-corrected chi connectivity index (χ3v) is 5.58. The minimum atomic E-state index is -4.58. The summed E-state index contributed by atoms with van der Waals surface area (Å²) in [6.45, 7) is 5.70. The van der Waals surface area contributed by atoms with Crippen molar-refractivity contribution in [2.45, 2.75) is 37.5 Å². The molecule has 38 heavy (non-hydrogen) atoms. The maximum atomic E-state index is 12.6. The van der Waals surface area contributed by atoms with Crippen LogP contribution in [-0.2, 0) is 11.6 Å². The smallest absolute Gasteiger partial charge is 0.416 e. The molecular formula is C22H21ClF3N5O6S. The summed E-state index contributed by atoms with van der Waals surface area (Å²) in [5, 5.41) is 27.6. The van der Waals surface area contributed by atoms with Crippen LogP contribution in [0.2, 0.25) is 5.02 Å². The molecule has 0 saturated carbocycles. The maximum absolute atomic E-state index is 12.6. The molecular weight excluding hydrogens is 555 g/mol. The Labute approximate surface area is 222 Å². The van der Waals surface area contributed by atoms with Crippen molar-refractivity contribution in [3.8, 4) is 11.5 Å². The van der Waals surface area contributed by atoms with E-state index in [4.69, 9.17) is 27.3 Å². The van der Waals surface area contributed by atoms with E-state index in [0.717, 1.165) is 35.0 Å². The fourth-order valence-electron chi connectivity index (χ4n) is 2.79. The normalized spacial score (nSPS) is 11.4. The highest BCUT2D eigenvalue weighted by atomic mass is 35.5. The Morgan fingerprint density at radius 3 is 2.29 bits per heavy atom. The molecule has 0 unspecified atom stereocenters. The SMILES string of the molecule is CSc1nnc(C(C)(C)C)c(=O)n1N.O=C(O)c1cc(Oc2ccc(C(F)(F)F)cc2Cl)ccc1[N+](=O)[O-]. The number of ether oxygens (including phenoxy) is 1. The zero-order chi connectivity index (χ0) is 29.0. The lowest BCUT2D eigenvalue weighted by Gasteiger charge is -2.16. The molecule has 3 aromatic rings. The Hall–Kier alpha value is -3.85. The Kier molecular flexibility index (Phi) is 9.34. The maximum Gasteiger partial charge on any atom is 0.416 e. The van der Waals surface area contributed by atoms with Gasteiger partial charge in [0.15, 0.2) is 0 Å². The van der Waals surface area contributed by atoms with Gasteiger partial charge in [0.2, 0.25) is 5.16 Å². The molecule has 0 saturated heterocycles. The van der Waals surface area contributed by atoms with E-state index in [2.05, 4.69) is 10.2 Å². The van der Waals surface area contributed by atoms with E-state index in [1.54, 1.807) is 6.26 Å². The number of nitrogen functional groups attached to an aromatic ring is 1. The molecule has 0 amide bonds. The second kappa shape index (κ2) is 11.7. The van der Waals surface area contributed by atoms with E-state index in [1.807, 2.05) is 20.8 Å². The molecule has 204 valence electrons. The summed E-state index contributed by atoms with van der Waals surface area (Å²) in [4.78, 5) is 32.6. The van der Waals surface area contributed by atoms with Crippen LogP contribution in [0, 0.1) is 10.1 Å². The molecule has 0 spiro atoms. The van der Waals surface area contributed by atoms with Crippen molar-refractivity contribution in [2.75, 3.05) is 12.1 Å². The van der Waals surface area contributed by atoms with E-state index in [-0.39, 0.29) is 27.5 Å². The molecule has 11 nitrogen and oxygen atoms in total. The van der Waals surface area contributed by atoms with Crippen LogP contribution >= 0.6 is 23.4 Å². The van der Waals surface area contributed by atoms with Crippen LogP contribution < -0.4 is 16.1 Å². The highest BCUT2D eigenvalue weighted by Gasteiger charge is 2.31. The first-order chi connectivity index (χ1) is 17.5. The number of carboxylic acids is 1. The summed E-state index contributed by atoms with van der Waals surface area (Å²) < 4.78 is 43.9.